The molecule has 0 radical (unpaired) electrons. The molecular formula is C32H39N3O4. The van der Waals surface area contributed by atoms with Crippen molar-refractivity contribution >= 4 is 22.9 Å². The molecule has 0 aliphatic heterocycles. The first kappa shape index (κ1) is 25.9. The number of fused-ring (bicyclic) bond motifs is 1. The van der Waals surface area contributed by atoms with Gasteiger partial charge in [0, 0.05) is 29.6 Å². The summed E-state index contributed by atoms with van der Waals surface area (Å²) in [5.41, 5.74) is 1.54. The lowest BCUT2D eigenvalue weighted by molar-refractivity contribution is -0.141. The Morgan fingerprint density at radius 1 is 1.00 bits per heavy atom. The number of aromatic nitrogens is 1. The molecule has 2 amide bonds. The van der Waals surface area contributed by atoms with E-state index in [4.69, 9.17) is 0 Å². The number of H-pyrrole nitrogens is 1. The maximum absolute atomic E-state index is 14.3. The number of nitrogens with zero attached hydrogens (tertiary/aromatic N) is 1. The number of aliphatic hydroxyl groups is 1. The topological polar surface area (TPSA) is 106 Å². The predicted octanol–water partition coefficient (Wildman–Crippen LogP) is 4.99. The number of hydrogen-bond acceptors (Lipinski definition) is 3. The fraction of sp³-hybridized carbons (Fsp3) is 0.500. The molecule has 4 saturated carbocycles. The van der Waals surface area contributed by atoms with Crippen LogP contribution in [0.1, 0.15) is 50.2 Å². The average Bonchev–Trinajstić information content (AvgIpc) is 3.32. The molecule has 7 heteroatoms. The number of carbonyl (C=O) groups is 2. The van der Waals surface area contributed by atoms with Gasteiger partial charge in [-0.15, -0.1) is 0 Å². The van der Waals surface area contributed by atoms with Crippen LogP contribution in [0.5, 0.6) is 0 Å². The number of carboxylic acid groups (broad SMARTS) is 1. The normalized spacial score (nSPS) is 27.7. The van der Waals surface area contributed by atoms with Crippen molar-refractivity contribution in [3.05, 3.63) is 71.9 Å². The average molecular weight is 530 g/mol. The first-order valence-corrected chi connectivity index (χ1v) is 14.4. The third-order valence-corrected chi connectivity index (χ3v) is 9.79. The number of aromatic amines is 1. The Kier molecular flexibility index (Phi) is 6.88. The molecule has 1 heterocycles. The van der Waals surface area contributed by atoms with Crippen molar-refractivity contribution in [1.29, 1.82) is 0 Å². The van der Waals surface area contributed by atoms with Gasteiger partial charge in [0.25, 0.3) is 0 Å². The summed E-state index contributed by atoms with van der Waals surface area (Å²) in [6, 6.07) is 17.0. The van der Waals surface area contributed by atoms with Gasteiger partial charge < -0.3 is 20.5 Å². The molecule has 0 saturated heterocycles. The van der Waals surface area contributed by atoms with Crippen molar-refractivity contribution in [2.24, 2.45) is 23.7 Å². The smallest absolute Gasteiger partial charge is 0.408 e. The number of aliphatic hydroxyl groups excluding tert-OH is 1. The van der Waals surface area contributed by atoms with Crippen LogP contribution in [0.25, 0.3) is 10.9 Å². The number of hydrogen-bond donors (Lipinski definition) is 4. The summed E-state index contributed by atoms with van der Waals surface area (Å²) in [6.45, 7) is 1.56. The summed E-state index contributed by atoms with van der Waals surface area (Å²) in [4.78, 5) is 32.4. The number of carbonyl (C=O) groups excluding carboxylic acids is 1. The van der Waals surface area contributed by atoms with Crippen LogP contribution >= 0.6 is 0 Å². The van der Waals surface area contributed by atoms with Gasteiger partial charge in [-0.05, 0) is 86.3 Å². The Hall–Kier alpha value is -3.32. The highest BCUT2D eigenvalue weighted by atomic mass is 16.4. The number of nitrogens with one attached hydrogen (secondary N) is 2. The summed E-state index contributed by atoms with van der Waals surface area (Å²) in [7, 11) is 0. The van der Waals surface area contributed by atoms with Crippen molar-refractivity contribution in [1.82, 2.24) is 15.2 Å². The molecule has 2 aromatic carbocycles. The van der Waals surface area contributed by atoms with Crippen molar-refractivity contribution in [3.8, 4) is 0 Å². The van der Waals surface area contributed by atoms with Gasteiger partial charge in [-0.2, -0.15) is 0 Å². The van der Waals surface area contributed by atoms with E-state index in [0.717, 1.165) is 47.7 Å². The van der Waals surface area contributed by atoms with E-state index in [9.17, 15) is 19.8 Å². The zero-order chi connectivity index (χ0) is 27.1. The minimum Gasteiger partial charge on any atom is -0.465 e. The van der Waals surface area contributed by atoms with Gasteiger partial charge in [-0.25, -0.2) is 4.79 Å². The molecule has 4 N–H and O–H groups in total. The number of rotatable bonds is 9. The molecule has 4 bridgehead atoms. The molecule has 3 aromatic rings. The summed E-state index contributed by atoms with van der Waals surface area (Å²) < 4.78 is 0. The molecule has 0 spiro atoms. The van der Waals surface area contributed by atoms with Crippen LogP contribution < -0.4 is 5.32 Å². The van der Waals surface area contributed by atoms with Gasteiger partial charge >= 0.3 is 6.09 Å². The zero-order valence-electron chi connectivity index (χ0n) is 22.6. The van der Waals surface area contributed by atoms with Crippen molar-refractivity contribution in [2.45, 2.75) is 69.5 Å². The van der Waals surface area contributed by atoms with E-state index in [2.05, 4.69) is 10.3 Å². The van der Waals surface area contributed by atoms with Crippen LogP contribution in [-0.4, -0.2) is 56.3 Å². The van der Waals surface area contributed by atoms with Crippen LogP contribution in [-0.2, 0) is 17.6 Å². The Labute approximate surface area is 229 Å². The molecule has 4 fully saturated rings. The van der Waals surface area contributed by atoms with E-state index < -0.39 is 17.7 Å². The van der Waals surface area contributed by atoms with Crippen LogP contribution in [0.15, 0.2) is 60.8 Å². The molecule has 39 heavy (non-hydrogen) atoms. The van der Waals surface area contributed by atoms with Crippen LogP contribution in [0.4, 0.5) is 4.79 Å². The van der Waals surface area contributed by atoms with Gasteiger partial charge in [-0.1, -0.05) is 48.5 Å². The summed E-state index contributed by atoms with van der Waals surface area (Å²) >= 11 is 0. The second-order valence-corrected chi connectivity index (χ2v) is 12.4. The maximum Gasteiger partial charge on any atom is 0.408 e. The Morgan fingerprint density at radius 3 is 2.28 bits per heavy atom. The first-order valence-electron chi connectivity index (χ1n) is 14.4. The Balaban J connectivity index is 1.36. The van der Waals surface area contributed by atoms with Crippen molar-refractivity contribution in [3.63, 3.8) is 0 Å². The van der Waals surface area contributed by atoms with Crippen molar-refractivity contribution < 1.29 is 19.8 Å². The van der Waals surface area contributed by atoms with E-state index in [0.29, 0.717) is 30.1 Å². The van der Waals surface area contributed by atoms with E-state index in [-0.39, 0.29) is 25.0 Å². The second-order valence-electron chi connectivity index (χ2n) is 12.4. The summed E-state index contributed by atoms with van der Waals surface area (Å²) in [6.07, 6.45) is 7.09. The third kappa shape index (κ3) is 4.82. The zero-order valence-corrected chi connectivity index (χ0v) is 22.6. The molecule has 2 atom stereocenters. The van der Waals surface area contributed by atoms with Gasteiger partial charge in [0.05, 0.1) is 12.6 Å². The molecule has 4 aliphatic rings. The van der Waals surface area contributed by atoms with Crippen LogP contribution in [0.3, 0.4) is 0 Å². The van der Waals surface area contributed by atoms with Crippen LogP contribution in [0, 0.1) is 23.7 Å². The Bertz CT molecular complexity index is 1310. The van der Waals surface area contributed by atoms with E-state index >= 15 is 0 Å². The number of para-hydroxylation sites is 1. The second kappa shape index (κ2) is 10.3. The third-order valence-electron chi connectivity index (χ3n) is 9.79. The molecular weight excluding hydrogens is 490 g/mol. The highest BCUT2D eigenvalue weighted by Crippen LogP contribution is 2.56. The van der Waals surface area contributed by atoms with Crippen LogP contribution in [0.2, 0.25) is 0 Å². The highest BCUT2D eigenvalue weighted by molar-refractivity contribution is 5.91. The van der Waals surface area contributed by atoms with E-state index in [1.807, 2.05) is 60.8 Å². The monoisotopic (exact) mass is 529 g/mol. The number of benzene rings is 2. The predicted molar refractivity (Wildman–Crippen MR) is 150 cm³/mol. The molecule has 7 rings (SSSR count). The molecule has 0 unspecified atom stereocenters. The lowest BCUT2D eigenvalue weighted by Gasteiger charge is -2.59. The standard InChI is InChI=1S/C32H39N3O4/c1-32(17-25-18-33-28-10-6-5-9-27(25)28,30(37)34-26(19-36)16-20-7-3-2-4-8-20)35(31(38)39)29-23-12-21-11-22(14-23)15-24(29)13-21/h2-10,18,21-24,26,29,33,36H,11-17,19H2,1H3,(H,34,37)(H,38,39)/t21?,22?,23?,24?,26-,29?,32+/m1/s1. The lowest BCUT2D eigenvalue weighted by Crippen LogP contribution is -2.69. The van der Waals surface area contributed by atoms with Crippen molar-refractivity contribution in [2.75, 3.05) is 6.61 Å². The molecule has 7 nitrogen and oxygen atoms in total. The fourth-order valence-corrected chi connectivity index (χ4v) is 8.31. The summed E-state index contributed by atoms with van der Waals surface area (Å²) in [5, 5.41) is 25.1. The Morgan fingerprint density at radius 2 is 1.64 bits per heavy atom. The van der Waals surface area contributed by atoms with Gasteiger partial charge in [-0.3, -0.25) is 9.69 Å². The largest absolute Gasteiger partial charge is 0.465 e. The number of amides is 2. The van der Waals surface area contributed by atoms with Gasteiger partial charge in [0.15, 0.2) is 0 Å². The van der Waals surface area contributed by atoms with Gasteiger partial charge in [0.2, 0.25) is 5.91 Å². The van der Waals surface area contributed by atoms with E-state index in [1.165, 1.54) is 11.3 Å². The van der Waals surface area contributed by atoms with Gasteiger partial charge in [0.1, 0.15) is 5.54 Å². The summed E-state index contributed by atoms with van der Waals surface area (Å²) in [5.74, 6) is 1.63. The molecule has 1 aromatic heterocycles. The quantitative estimate of drug-likeness (QED) is 0.313. The SMILES string of the molecule is C[C@](Cc1c[nH]c2ccccc12)(C(=O)N[C@@H](CO)Cc1ccccc1)N(C(=O)O)C1C2CC3CC(C2)CC1C3. The lowest BCUT2D eigenvalue weighted by atomic mass is 9.53. The first-order chi connectivity index (χ1) is 18.9. The minimum absolute atomic E-state index is 0.169. The fourth-order valence-electron chi connectivity index (χ4n) is 8.31. The maximum atomic E-state index is 14.3. The highest BCUT2D eigenvalue weighted by Gasteiger charge is 2.56. The molecule has 206 valence electrons. The molecule has 4 aliphatic carbocycles. The minimum atomic E-state index is -1.35. The van der Waals surface area contributed by atoms with E-state index in [1.54, 1.807) is 6.92 Å².